The van der Waals surface area contributed by atoms with E-state index in [-0.39, 0.29) is 31.5 Å². The van der Waals surface area contributed by atoms with Gasteiger partial charge in [-0.05, 0) is 63.9 Å². The molecule has 0 rings (SSSR count). The molecule has 0 aromatic carbocycles. The number of phosphoric acid groups is 1. The number of ether oxygens (including phenoxy) is 1. The number of carbonyl (C=O) groups excluding carboxylic acids is 2. The number of unbranched alkanes of at least 4 members (excludes halogenated alkanes) is 39. The highest BCUT2D eigenvalue weighted by Gasteiger charge is 2.30. The van der Waals surface area contributed by atoms with Crippen LogP contribution >= 0.6 is 7.82 Å². The van der Waals surface area contributed by atoms with Crippen molar-refractivity contribution in [1.82, 2.24) is 5.32 Å². The second-order valence-corrected chi connectivity index (χ2v) is 25.4. The van der Waals surface area contributed by atoms with E-state index in [9.17, 15) is 19.0 Å². The van der Waals surface area contributed by atoms with Crippen LogP contribution < -0.4 is 5.32 Å². The van der Waals surface area contributed by atoms with E-state index in [4.69, 9.17) is 13.8 Å². The Morgan fingerprint density at radius 2 is 0.821 bits per heavy atom. The fourth-order valence-corrected chi connectivity index (χ4v) is 10.6. The number of phosphoric ester groups is 1. The summed E-state index contributed by atoms with van der Waals surface area (Å²) < 4.78 is 30.7. The first-order valence-electron chi connectivity index (χ1n) is 33.5. The highest BCUT2D eigenvalue weighted by Crippen LogP contribution is 2.43. The molecule has 0 aromatic rings. The van der Waals surface area contributed by atoms with Crippen molar-refractivity contribution in [2.45, 2.75) is 335 Å². The molecule has 3 unspecified atom stereocenters. The zero-order chi connectivity index (χ0) is 57.2. The summed E-state index contributed by atoms with van der Waals surface area (Å²) in [5.41, 5.74) is 0. The maximum absolute atomic E-state index is 13.6. The number of amides is 1. The van der Waals surface area contributed by atoms with E-state index in [0.717, 1.165) is 83.5 Å². The van der Waals surface area contributed by atoms with Gasteiger partial charge in [0.1, 0.15) is 19.3 Å². The molecule has 2 N–H and O–H groups in total. The molecule has 0 bridgehead atoms. The van der Waals surface area contributed by atoms with Gasteiger partial charge < -0.3 is 19.4 Å². The van der Waals surface area contributed by atoms with E-state index in [2.05, 4.69) is 62.5 Å². The predicted octanol–water partition coefficient (Wildman–Crippen LogP) is 20.8. The third-order valence-electron chi connectivity index (χ3n) is 15.0. The molecular formula is C68H130N2O7P+. The fraction of sp³-hybridized carbons (Fsp3) is 0.853. The molecule has 0 fully saturated rings. The summed E-state index contributed by atoms with van der Waals surface area (Å²) in [5, 5.41) is 3.06. The molecule has 0 heterocycles. The predicted molar refractivity (Wildman–Crippen MR) is 337 cm³/mol. The van der Waals surface area contributed by atoms with Crippen LogP contribution in [0.15, 0.2) is 48.6 Å². The van der Waals surface area contributed by atoms with Crippen molar-refractivity contribution in [1.29, 1.82) is 0 Å². The van der Waals surface area contributed by atoms with Gasteiger partial charge >= 0.3 is 13.8 Å². The molecule has 3 atom stereocenters. The Balaban J connectivity index is 4.96. The SMILES string of the molecule is CC/C=C/C/C=C/C/C=C/CCCCCCC(=O)OC(/C=C\CCCCCCCCCCC)C(COP(=O)(O)OCC[N+](C)(C)C)NC(=O)CCCCCCCCCCCCCCCCCCCCCCCCCCCCC. The second-order valence-electron chi connectivity index (χ2n) is 24.0. The summed E-state index contributed by atoms with van der Waals surface area (Å²) in [6.45, 7) is 6.92. The van der Waals surface area contributed by atoms with Gasteiger partial charge in [-0.1, -0.05) is 294 Å². The van der Waals surface area contributed by atoms with Gasteiger partial charge in [-0.2, -0.15) is 0 Å². The number of hydrogen-bond donors (Lipinski definition) is 2. The van der Waals surface area contributed by atoms with Gasteiger partial charge in [0.25, 0.3) is 0 Å². The standard InChI is InChI=1S/C68H129N2O7P/c1-7-10-13-16-19-22-25-27-29-30-31-32-33-34-35-36-37-38-39-40-41-42-45-48-51-54-57-60-67(71)69-65(64-76-78(73,74)75-63-62-70(4,5)6)66(59-56-53-50-47-44-24-21-18-15-12-9-3)77-68(72)61-58-55-52-49-46-43-28-26-23-20-17-14-11-8-2/h11,14,20,23,28,43,56,59,65-66H,7-10,12-13,15-19,21-22,24-27,29-42,44-55,57-58,60-64H2,1-6H3,(H-,69,71,73,74)/p+1/b14-11+,23-20+,43-28+,59-56-. The topological polar surface area (TPSA) is 111 Å². The summed E-state index contributed by atoms with van der Waals surface area (Å²) in [4.78, 5) is 37.7. The van der Waals surface area contributed by atoms with Crippen molar-refractivity contribution in [3.8, 4) is 0 Å². The number of allylic oxidation sites excluding steroid dienone is 7. The first-order chi connectivity index (χ1) is 37.9. The molecule has 0 aliphatic rings. The molecule has 0 aliphatic carbocycles. The summed E-state index contributed by atoms with van der Waals surface area (Å²) in [6, 6.07) is -0.855. The minimum atomic E-state index is -4.45. The average Bonchev–Trinajstić information content (AvgIpc) is 3.40. The molecule has 458 valence electrons. The third kappa shape index (κ3) is 58.6. The van der Waals surface area contributed by atoms with Crippen LogP contribution in [0.1, 0.15) is 323 Å². The van der Waals surface area contributed by atoms with Crippen LogP contribution in [0.2, 0.25) is 0 Å². The van der Waals surface area contributed by atoms with Gasteiger partial charge in [-0.25, -0.2) is 4.57 Å². The lowest BCUT2D eigenvalue weighted by Gasteiger charge is -2.27. The Bertz CT molecular complexity index is 1470. The van der Waals surface area contributed by atoms with Crippen LogP contribution in [-0.4, -0.2) is 74.3 Å². The van der Waals surface area contributed by atoms with Crippen LogP contribution in [0.25, 0.3) is 0 Å². The van der Waals surface area contributed by atoms with Crippen LogP contribution in [-0.2, 0) is 27.9 Å². The number of carbonyl (C=O) groups is 2. The maximum Gasteiger partial charge on any atom is 0.472 e. The van der Waals surface area contributed by atoms with Gasteiger partial charge in [0.2, 0.25) is 5.91 Å². The Hall–Kier alpha value is -2.03. The Morgan fingerprint density at radius 1 is 0.462 bits per heavy atom. The van der Waals surface area contributed by atoms with Crippen molar-refractivity contribution in [2.75, 3.05) is 40.9 Å². The van der Waals surface area contributed by atoms with Gasteiger partial charge in [0, 0.05) is 12.8 Å². The minimum Gasteiger partial charge on any atom is -0.456 e. The molecule has 0 aliphatic heterocycles. The maximum atomic E-state index is 13.6. The Morgan fingerprint density at radius 3 is 1.23 bits per heavy atom. The Labute approximate surface area is 484 Å². The van der Waals surface area contributed by atoms with Gasteiger partial charge in [-0.15, -0.1) is 0 Å². The number of esters is 1. The van der Waals surface area contributed by atoms with Gasteiger partial charge in [0.15, 0.2) is 0 Å². The third-order valence-corrected chi connectivity index (χ3v) is 16.0. The highest BCUT2D eigenvalue weighted by atomic mass is 31.2. The van der Waals surface area contributed by atoms with E-state index < -0.39 is 20.0 Å². The molecule has 0 saturated carbocycles. The lowest BCUT2D eigenvalue weighted by Crippen LogP contribution is -2.47. The molecule has 0 spiro atoms. The number of nitrogens with zero attached hydrogens (tertiary/aromatic N) is 1. The highest BCUT2D eigenvalue weighted by molar-refractivity contribution is 7.47. The lowest BCUT2D eigenvalue weighted by atomic mass is 10.0. The molecule has 78 heavy (non-hydrogen) atoms. The molecule has 1 amide bonds. The normalized spacial score (nSPS) is 13.9. The van der Waals surface area contributed by atoms with Crippen molar-refractivity contribution in [3.63, 3.8) is 0 Å². The van der Waals surface area contributed by atoms with Crippen molar-refractivity contribution < 1.29 is 37.3 Å². The first-order valence-corrected chi connectivity index (χ1v) is 35.0. The van der Waals surface area contributed by atoms with E-state index in [1.54, 1.807) is 0 Å². The average molecular weight is 1120 g/mol. The molecule has 10 heteroatoms. The zero-order valence-electron chi connectivity index (χ0n) is 52.4. The van der Waals surface area contributed by atoms with Crippen molar-refractivity contribution in [3.05, 3.63) is 48.6 Å². The van der Waals surface area contributed by atoms with Gasteiger partial charge in [-0.3, -0.25) is 18.6 Å². The summed E-state index contributed by atoms with van der Waals surface area (Å²) in [6.07, 6.45) is 72.8. The monoisotopic (exact) mass is 1120 g/mol. The molecule has 0 aromatic heterocycles. The number of quaternary nitrogens is 1. The lowest BCUT2D eigenvalue weighted by molar-refractivity contribution is -0.870. The minimum absolute atomic E-state index is 0.0375. The van der Waals surface area contributed by atoms with Crippen molar-refractivity contribution >= 4 is 19.7 Å². The number of hydrogen-bond acceptors (Lipinski definition) is 6. The molecule has 0 radical (unpaired) electrons. The van der Waals surface area contributed by atoms with Crippen molar-refractivity contribution in [2.24, 2.45) is 0 Å². The smallest absolute Gasteiger partial charge is 0.456 e. The van der Waals surface area contributed by atoms with Gasteiger partial charge in [0.05, 0.1) is 33.8 Å². The van der Waals surface area contributed by atoms with Crippen LogP contribution in [0.3, 0.4) is 0 Å². The summed E-state index contributed by atoms with van der Waals surface area (Å²) >= 11 is 0. The molecular weight excluding hydrogens is 988 g/mol. The van der Waals surface area contributed by atoms with Crippen LogP contribution in [0, 0.1) is 0 Å². The number of nitrogens with one attached hydrogen (secondary N) is 1. The zero-order valence-corrected chi connectivity index (χ0v) is 53.3. The van der Waals surface area contributed by atoms with E-state index in [1.165, 1.54) is 199 Å². The quantitative estimate of drug-likeness (QED) is 0.0205. The first kappa shape index (κ1) is 76.0. The van der Waals surface area contributed by atoms with E-state index in [1.807, 2.05) is 33.3 Å². The number of likely N-dealkylation sites (N-methyl/N-ethyl adjacent to an activating group) is 1. The van der Waals surface area contributed by atoms with E-state index in [0.29, 0.717) is 23.9 Å². The van der Waals surface area contributed by atoms with Crippen LogP contribution in [0.5, 0.6) is 0 Å². The largest absolute Gasteiger partial charge is 0.472 e. The molecule has 9 nitrogen and oxygen atoms in total. The summed E-state index contributed by atoms with van der Waals surface area (Å²) in [7, 11) is 1.49. The van der Waals surface area contributed by atoms with Crippen LogP contribution in [0.4, 0.5) is 0 Å². The molecule has 0 saturated heterocycles. The Kier molecular flexibility index (Phi) is 56.7. The van der Waals surface area contributed by atoms with E-state index >= 15 is 0 Å². The number of rotatable bonds is 61. The summed E-state index contributed by atoms with van der Waals surface area (Å²) in [5.74, 6) is -0.520. The fourth-order valence-electron chi connectivity index (χ4n) is 9.90. The second kappa shape index (κ2) is 58.2.